The van der Waals surface area contributed by atoms with Crippen molar-refractivity contribution < 1.29 is 22.7 Å². The number of nitrogens with zero attached hydrogens (tertiary/aromatic N) is 1. The Morgan fingerprint density at radius 1 is 1.09 bits per heavy atom. The number of thiophene rings is 1. The first kappa shape index (κ1) is 22.5. The SMILES string of the molecule is N#Cc1c(NC(=O)COC(=O)c2cccc(NS(=O)(=O)c3ccccc3)c2)sc2c1CCC2. The van der Waals surface area contributed by atoms with Gasteiger partial charge < -0.3 is 10.1 Å². The molecule has 0 saturated carbocycles. The van der Waals surface area contributed by atoms with Crippen LogP contribution in [0.15, 0.2) is 59.5 Å². The van der Waals surface area contributed by atoms with Gasteiger partial charge in [-0.1, -0.05) is 24.3 Å². The number of hydrogen-bond donors (Lipinski definition) is 2. The largest absolute Gasteiger partial charge is 0.452 e. The number of sulfonamides is 1. The monoisotopic (exact) mass is 481 g/mol. The standard InChI is InChI=1S/C23H19N3O5S2/c24-13-19-18-10-5-11-20(18)32-22(19)25-21(27)14-31-23(28)15-6-4-7-16(12-15)26-33(29,30)17-8-2-1-3-9-17/h1-4,6-9,12,26H,5,10-11,14H2,(H,25,27). The van der Waals surface area contributed by atoms with Gasteiger partial charge in [-0.3, -0.25) is 9.52 Å². The number of carbonyl (C=O) groups is 2. The van der Waals surface area contributed by atoms with E-state index in [9.17, 15) is 23.3 Å². The van der Waals surface area contributed by atoms with E-state index in [0.29, 0.717) is 10.6 Å². The molecule has 0 unspecified atom stereocenters. The van der Waals surface area contributed by atoms with E-state index < -0.39 is 28.5 Å². The van der Waals surface area contributed by atoms with E-state index in [0.717, 1.165) is 29.7 Å². The molecule has 0 saturated heterocycles. The molecule has 1 aromatic heterocycles. The summed E-state index contributed by atoms with van der Waals surface area (Å²) in [5, 5.41) is 12.5. The minimum Gasteiger partial charge on any atom is -0.452 e. The average molecular weight is 482 g/mol. The Morgan fingerprint density at radius 3 is 2.64 bits per heavy atom. The van der Waals surface area contributed by atoms with Crippen LogP contribution in [0.25, 0.3) is 0 Å². The molecule has 168 valence electrons. The van der Waals surface area contributed by atoms with Crippen molar-refractivity contribution in [3.63, 3.8) is 0 Å². The lowest BCUT2D eigenvalue weighted by atomic mass is 10.1. The Kier molecular flexibility index (Phi) is 6.44. The number of rotatable bonds is 7. The number of fused-ring (bicyclic) bond motifs is 1. The summed E-state index contributed by atoms with van der Waals surface area (Å²) >= 11 is 1.38. The zero-order valence-corrected chi connectivity index (χ0v) is 19.0. The molecule has 1 heterocycles. The van der Waals surface area contributed by atoms with Gasteiger partial charge in [0.1, 0.15) is 11.1 Å². The summed E-state index contributed by atoms with van der Waals surface area (Å²) < 4.78 is 32.4. The molecule has 0 aliphatic heterocycles. The summed E-state index contributed by atoms with van der Waals surface area (Å²) in [5.74, 6) is -1.33. The van der Waals surface area contributed by atoms with Gasteiger partial charge in [0.15, 0.2) is 6.61 Å². The Labute approximate surface area is 194 Å². The lowest BCUT2D eigenvalue weighted by molar-refractivity contribution is -0.119. The number of amides is 1. The molecule has 10 heteroatoms. The Morgan fingerprint density at radius 2 is 1.88 bits per heavy atom. The minimum atomic E-state index is -3.81. The summed E-state index contributed by atoms with van der Waals surface area (Å²) in [5.41, 5.74) is 1.74. The van der Waals surface area contributed by atoms with E-state index in [-0.39, 0.29) is 16.1 Å². The van der Waals surface area contributed by atoms with Gasteiger partial charge >= 0.3 is 5.97 Å². The number of carbonyl (C=O) groups excluding carboxylic acids is 2. The molecular formula is C23H19N3O5S2. The number of ether oxygens (including phenoxy) is 1. The molecule has 4 rings (SSSR count). The predicted molar refractivity (Wildman–Crippen MR) is 124 cm³/mol. The zero-order valence-electron chi connectivity index (χ0n) is 17.3. The predicted octanol–water partition coefficient (Wildman–Crippen LogP) is 3.70. The summed E-state index contributed by atoms with van der Waals surface area (Å²) in [7, 11) is -3.81. The maximum atomic E-state index is 12.5. The van der Waals surface area contributed by atoms with Crippen LogP contribution < -0.4 is 10.0 Å². The normalized spacial score (nSPS) is 12.5. The topological polar surface area (TPSA) is 125 Å². The van der Waals surface area contributed by atoms with Crippen LogP contribution in [0.3, 0.4) is 0 Å². The highest BCUT2D eigenvalue weighted by Gasteiger charge is 2.23. The minimum absolute atomic E-state index is 0.0869. The number of aryl methyl sites for hydroxylation is 1. The fourth-order valence-electron chi connectivity index (χ4n) is 3.51. The van der Waals surface area contributed by atoms with Gasteiger partial charge in [0.2, 0.25) is 0 Å². The summed E-state index contributed by atoms with van der Waals surface area (Å²) in [6.07, 6.45) is 2.72. The smallest absolute Gasteiger partial charge is 0.338 e. The molecule has 1 aliphatic rings. The van der Waals surface area contributed by atoms with Crippen LogP contribution in [0.2, 0.25) is 0 Å². The maximum Gasteiger partial charge on any atom is 0.338 e. The number of esters is 1. The van der Waals surface area contributed by atoms with Crippen molar-refractivity contribution in [3.05, 3.63) is 76.2 Å². The van der Waals surface area contributed by atoms with Crippen LogP contribution in [0.1, 0.15) is 32.8 Å². The summed E-state index contributed by atoms with van der Waals surface area (Å²) in [6.45, 7) is -0.535. The van der Waals surface area contributed by atoms with Gasteiger partial charge in [-0.25, -0.2) is 13.2 Å². The van der Waals surface area contributed by atoms with Crippen molar-refractivity contribution in [1.29, 1.82) is 5.26 Å². The first-order valence-electron chi connectivity index (χ1n) is 10.1. The van der Waals surface area contributed by atoms with Crippen LogP contribution in [0.5, 0.6) is 0 Å². The molecule has 0 fully saturated rings. The third-order valence-corrected chi connectivity index (χ3v) is 7.63. The van der Waals surface area contributed by atoms with Crippen molar-refractivity contribution in [2.75, 3.05) is 16.6 Å². The van der Waals surface area contributed by atoms with Gasteiger partial charge in [-0.2, -0.15) is 5.26 Å². The van der Waals surface area contributed by atoms with Crippen LogP contribution in [0.4, 0.5) is 10.7 Å². The van der Waals surface area contributed by atoms with E-state index in [2.05, 4.69) is 16.1 Å². The second kappa shape index (κ2) is 9.44. The van der Waals surface area contributed by atoms with E-state index in [1.807, 2.05) is 0 Å². The summed E-state index contributed by atoms with van der Waals surface area (Å²) in [6, 6.07) is 15.8. The molecule has 2 N–H and O–H groups in total. The molecule has 0 radical (unpaired) electrons. The Balaban J connectivity index is 1.37. The molecule has 2 aromatic carbocycles. The maximum absolute atomic E-state index is 12.5. The van der Waals surface area contributed by atoms with Crippen molar-refractivity contribution >= 4 is 43.9 Å². The highest BCUT2D eigenvalue weighted by molar-refractivity contribution is 7.92. The second-order valence-electron chi connectivity index (χ2n) is 7.30. The van der Waals surface area contributed by atoms with Crippen molar-refractivity contribution in [1.82, 2.24) is 0 Å². The molecule has 3 aromatic rings. The molecule has 0 atom stereocenters. The lowest BCUT2D eigenvalue weighted by Gasteiger charge is -2.10. The van der Waals surface area contributed by atoms with Crippen molar-refractivity contribution in [2.24, 2.45) is 0 Å². The number of anilines is 2. The van der Waals surface area contributed by atoms with Crippen LogP contribution in [0, 0.1) is 11.3 Å². The van der Waals surface area contributed by atoms with Crippen LogP contribution in [-0.2, 0) is 32.4 Å². The summed E-state index contributed by atoms with van der Waals surface area (Å²) in [4.78, 5) is 25.9. The fourth-order valence-corrected chi connectivity index (χ4v) is 5.84. The molecule has 1 aliphatic carbocycles. The highest BCUT2D eigenvalue weighted by Crippen LogP contribution is 2.38. The van der Waals surface area contributed by atoms with Gasteiger partial charge in [0.25, 0.3) is 15.9 Å². The Bertz CT molecular complexity index is 1360. The van der Waals surface area contributed by atoms with Crippen molar-refractivity contribution in [2.45, 2.75) is 24.2 Å². The molecule has 33 heavy (non-hydrogen) atoms. The molecule has 0 spiro atoms. The fraction of sp³-hybridized carbons (Fsp3) is 0.174. The van der Waals surface area contributed by atoms with Gasteiger partial charge in [0.05, 0.1) is 16.0 Å². The quantitative estimate of drug-likeness (QED) is 0.496. The number of nitrogens with one attached hydrogen (secondary N) is 2. The van der Waals surface area contributed by atoms with E-state index in [1.54, 1.807) is 18.2 Å². The molecule has 8 nitrogen and oxygen atoms in total. The highest BCUT2D eigenvalue weighted by atomic mass is 32.2. The van der Waals surface area contributed by atoms with Gasteiger partial charge in [-0.05, 0) is 55.2 Å². The second-order valence-corrected chi connectivity index (χ2v) is 10.1. The first-order valence-corrected chi connectivity index (χ1v) is 12.4. The zero-order chi connectivity index (χ0) is 23.4. The average Bonchev–Trinajstić information content (AvgIpc) is 3.38. The number of benzene rings is 2. The third kappa shape index (κ3) is 5.05. The van der Waals surface area contributed by atoms with Crippen LogP contribution >= 0.6 is 11.3 Å². The first-order chi connectivity index (χ1) is 15.9. The number of hydrogen-bond acceptors (Lipinski definition) is 7. The molecule has 1 amide bonds. The lowest BCUT2D eigenvalue weighted by Crippen LogP contribution is -2.21. The molecular weight excluding hydrogens is 462 g/mol. The third-order valence-electron chi connectivity index (χ3n) is 5.02. The molecule has 0 bridgehead atoms. The number of nitriles is 1. The Hall–Kier alpha value is -3.68. The van der Waals surface area contributed by atoms with E-state index in [1.165, 1.54) is 47.7 Å². The van der Waals surface area contributed by atoms with Crippen molar-refractivity contribution in [3.8, 4) is 6.07 Å². The van der Waals surface area contributed by atoms with Crippen LogP contribution in [-0.4, -0.2) is 26.9 Å². The van der Waals surface area contributed by atoms with Gasteiger partial charge in [0, 0.05) is 10.6 Å². The van der Waals surface area contributed by atoms with E-state index in [4.69, 9.17) is 4.74 Å². The van der Waals surface area contributed by atoms with Gasteiger partial charge in [-0.15, -0.1) is 11.3 Å². The van der Waals surface area contributed by atoms with E-state index >= 15 is 0 Å².